The van der Waals surface area contributed by atoms with Crippen LogP contribution in [0.5, 0.6) is 5.75 Å². The Labute approximate surface area is 297 Å². The van der Waals surface area contributed by atoms with Crippen molar-refractivity contribution in [2.45, 2.75) is 47.9 Å². The summed E-state index contributed by atoms with van der Waals surface area (Å²) in [7, 11) is 1.72. The second kappa shape index (κ2) is 13.4. The average Bonchev–Trinajstić information content (AvgIpc) is 3.10. The van der Waals surface area contributed by atoms with E-state index in [1.807, 2.05) is 18.2 Å². The lowest BCUT2D eigenvalue weighted by Crippen LogP contribution is -2.45. The fraction of sp³-hybridized carbons (Fsp3) is 0.167. The van der Waals surface area contributed by atoms with Crippen LogP contribution >= 0.6 is 0 Å². The third-order valence-electron chi connectivity index (χ3n) is 10.4. The van der Waals surface area contributed by atoms with Crippen LogP contribution in [0.1, 0.15) is 36.1 Å². The Morgan fingerprint density at radius 3 is 1.96 bits per heavy atom. The number of aryl methyl sites for hydroxylation is 4. The summed E-state index contributed by atoms with van der Waals surface area (Å²) in [5.41, 5.74) is 15.3. The molecule has 1 nitrogen and oxygen atoms in total. The first-order valence-electron chi connectivity index (χ1n) is 17.5. The summed E-state index contributed by atoms with van der Waals surface area (Å²) in [6.45, 7) is 13.4. The molecule has 2 heteroatoms. The van der Waals surface area contributed by atoms with Crippen LogP contribution in [0.3, 0.4) is 0 Å². The molecule has 0 fully saturated rings. The van der Waals surface area contributed by atoms with E-state index in [-0.39, 0.29) is 6.71 Å². The van der Waals surface area contributed by atoms with E-state index in [1.165, 1.54) is 93.3 Å². The molecule has 50 heavy (non-hydrogen) atoms. The van der Waals surface area contributed by atoms with Gasteiger partial charge >= 0.3 is 0 Å². The van der Waals surface area contributed by atoms with Gasteiger partial charge in [0.15, 0.2) is 0 Å². The molecule has 7 aromatic rings. The van der Waals surface area contributed by atoms with Gasteiger partial charge in [0.1, 0.15) is 5.75 Å². The van der Waals surface area contributed by atoms with Gasteiger partial charge in [0.25, 0.3) is 0 Å². The monoisotopic (exact) mass is 646 g/mol. The first-order chi connectivity index (χ1) is 24.2. The van der Waals surface area contributed by atoms with E-state index in [2.05, 4.69) is 145 Å². The topological polar surface area (TPSA) is 9.23 Å². The van der Waals surface area contributed by atoms with Gasteiger partial charge in [-0.05, 0) is 126 Å². The predicted molar refractivity (Wildman–Crippen MR) is 219 cm³/mol. The first kappa shape index (κ1) is 33.0. The highest BCUT2D eigenvalue weighted by atomic mass is 16.5. The van der Waals surface area contributed by atoms with Crippen LogP contribution in [0.25, 0.3) is 54.6 Å². The molecule has 0 unspecified atom stereocenters. The Balaban J connectivity index is 1.59. The van der Waals surface area contributed by atoms with Gasteiger partial charge in [-0.3, -0.25) is 0 Å². The number of terminal acetylenes is 1. The predicted octanol–water partition coefficient (Wildman–Crippen LogP) is 11.3. The van der Waals surface area contributed by atoms with Crippen LogP contribution < -0.4 is 15.7 Å². The van der Waals surface area contributed by atoms with Crippen LogP contribution in [0.4, 0.5) is 0 Å². The normalized spacial score (nSPS) is 12.2. The molecule has 0 saturated carbocycles. The van der Waals surface area contributed by atoms with E-state index in [1.54, 1.807) is 7.11 Å². The molecule has 0 saturated heterocycles. The zero-order chi connectivity index (χ0) is 35.1. The minimum atomic E-state index is 0.139. The summed E-state index contributed by atoms with van der Waals surface area (Å²) in [6, 6.07) is 38.6. The second-order valence-electron chi connectivity index (χ2n) is 14.1. The summed E-state index contributed by atoms with van der Waals surface area (Å²) in [6.07, 6.45) is 10.6. The van der Waals surface area contributed by atoms with E-state index >= 15 is 0 Å². The molecule has 0 aliphatic rings. The highest BCUT2D eigenvalue weighted by molar-refractivity contribution is 6.88. The lowest BCUT2D eigenvalue weighted by atomic mass is 9.35. The van der Waals surface area contributed by atoms with E-state index in [0.29, 0.717) is 0 Å². The zero-order valence-corrected chi connectivity index (χ0v) is 30.2. The molecular formula is C48H43BO. The maximum absolute atomic E-state index is 5.66. The highest BCUT2D eigenvalue weighted by Gasteiger charge is 2.28. The maximum Gasteiger partial charge on any atom is 0.214 e. The number of rotatable bonds is 8. The molecular weight excluding hydrogens is 603 g/mol. The largest absolute Gasteiger partial charge is 0.497 e. The van der Waals surface area contributed by atoms with Gasteiger partial charge in [-0.2, -0.15) is 0 Å². The molecule has 0 bridgehead atoms. The molecule has 0 radical (unpaired) electrons. The van der Waals surface area contributed by atoms with Crippen LogP contribution in [0.15, 0.2) is 126 Å². The van der Waals surface area contributed by atoms with Gasteiger partial charge < -0.3 is 4.74 Å². The summed E-state index contributed by atoms with van der Waals surface area (Å²) in [4.78, 5) is 0. The quantitative estimate of drug-likeness (QED) is 0.0691. The van der Waals surface area contributed by atoms with Crippen molar-refractivity contribution >= 4 is 50.0 Å². The number of methoxy groups -OCH3 is 1. The van der Waals surface area contributed by atoms with Crippen LogP contribution in [0, 0.1) is 40.0 Å². The second-order valence-corrected chi connectivity index (χ2v) is 14.1. The fourth-order valence-corrected chi connectivity index (χ4v) is 8.26. The third kappa shape index (κ3) is 5.99. The van der Waals surface area contributed by atoms with Crippen molar-refractivity contribution in [2.24, 2.45) is 0 Å². The molecule has 0 aliphatic carbocycles. The van der Waals surface area contributed by atoms with Crippen molar-refractivity contribution in [1.82, 2.24) is 0 Å². The molecule has 0 amide bonds. The molecule has 7 aromatic carbocycles. The number of hydrogen-bond acceptors (Lipinski definition) is 1. The maximum atomic E-state index is 5.66. The Morgan fingerprint density at radius 1 is 0.680 bits per heavy atom. The van der Waals surface area contributed by atoms with Gasteiger partial charge in [0.05, 0.1) is 7.11 Å². The molecule has 0 atom stereocenters. The fourth-order valence-electron chi connectivity index (χ4n) is 8.26. The summed E-state index contributed by atoms with van der Waals surface area (Å²) >= 11 is 0. The molecule has 7 rings (SSSR count). The number of ether oxygens (including phenoxy) is 1. The lowest BCUT2D eigenvalue weighted by molar-refractivity contribution is 0.415. The van der Waals surface area contributed by atoms with Crippen molar-refractivity contribution in [3.63, 3.8) is 0 Å². The summed E-state index contributed by atoms with van der Waals surface area (Å²) < 4.78 is 5.49. The third-order valence-corrected chi connectivity index (χ3v) is 10.4. The summed E-state index contributed by atoms with van der Waals surface area (Å²) in [5, 5.41) is 7.78. The smallest absolute Gasteiger partial charge is 0.214 e. The lowest BCUT2D eigenvalue weighted by Gasteiger charge is -2.25. The van der Waals surface area contributed by atoms with Crippen molar-refractivity contribution in [2.75, 3.05) is 7.11 Å². The summed E-state index contributed by atoms with van der Waals surface area (Å²) in [5.74, 6) is 3.57. The number of allylic oxidation sites excluding steroid dienone is 4. The molecule has 0 heterocycles. The van der Waals surface area contributed by atoms with Crippen molar-refractivity contribution < 1.29 is 4.74 Å². The average molecular weight is 647 g/mol. The molecule has 0 N–H and O–H groups in total. The van der Waals surface area contributed by atoms with Crippen molar-refractivity contribution in [3.8, 4) is 40.3 Å². The van der Waals surface area contributed by atoms with E-state index in [4.69, 9.17) is 11.2 Å². The molecule has 0 aromatic heterocycles. The molecule has 0 spiro atoms. The Hall–Kier alpha value is -5.52. The highest BCUT2D eigenvalue weighted by Crippen LogP contribution is 2.42. The molecule has 244 valence electrons. The number of hydrogen-bond donors (Lipinski definition) is 0. The van der Waals surface area contributed by atoms with Gasteiger partial charge in [-0.1, -0.05) is 142 Å². The first-order valence-corrected chi connectivity index (χ1v) is 17.5. The van der Waals surface area contributed by atoms with Gasteiger partial charge in [-0.25, -0.2) is 0 Å². The van der Waals surface area contributed by atoms with E-state index < -0.39 is 0 Å². The minimum absolute atomic E-state index is 0.139. The SMILES string of the molecule is C#C/C=C(C)\C=C(\C)CB(c1c(C)cc(C)cc1C)c1cc(-c2ccc(C)cc2)c2ccc3ccc(-c4ccc(OC)cc4)c4ccc1c2c34. The van der Waals surface area contributed by atoms with Gasteiger partial charge in [0, 0.05) is 0 Å². The Bertz CT molecular complexity index is 2460. The minimum Gasteiger partial charge on any atom is -0.497 e. The zero-order valence-electron chi connectivity index (χ0n) is 30.2. The van der Waals surface area contributed by atoms with Gasteiger partial charge in [-0.15, -0.1) is 6.42 Å². The van der Waals surface area contributed by atoms with Crippen molar-refractivity contribution in [3.05, 3.63) is 149 Å². The van der Waals surface area contributed by atoms with Crippen LogP contribution in [-0.2, 0) is 0 Å². The van der Waals surface area contributed by atoms with E-state index in [9.17, 15) is 0 Å². The van der Waals surface area contributed by atoms with Crippen LogP contribution in [-0.4, -0.2) is 13.8 Å². The van der Waals surface area contributed by atoms with Crippen molar-refractivity contribution in [1.29, 1.82) is 0 Å². The van der Waals surface area contributed by atoms with Crippen LogP contribution in [0.2, 0.25) is 6.32 Å². The van der Waals surface area contributed by atoms with Gasteiger partial charge in [0.2, 0.25) is 6.71 Å². The Kier molecular flexibility index (Phi) is 8.86. The number of benzene rings is 7. The Morgan fingerprint density at radius 2 is 1.28 bits per heavy atom. The molecule has 0 aliphatic heterocycles. The standard InChI is InChI=1S/C48H43BO/c1-9-10-31(3)25-33(5)29-49(48-34(6)26-32(4)27-35(48)7)45-28-44(37-13-11-30(2)12-14-37)42-22-18-38-17-21-40(36-15-19-39(50-8)20-16-36)41-23-24-43(45)47(42)46(38)41/h1,10-28H,29H2,2-8H3/b31-10-,33-25-. The van der Waals surface area contributed by atoms with E-state index in [0.717, 1.165) is 17.6 Å².